The minimum atomic E-state index is -0.122. The zero-order chi connectivity index (χ0) is 22.4. The van der Waals surface area contributed by atoms with Crippen LogP contribution in [0.4, 0.5) is 5.69 Å². The lowest BCUT2D eigenvalue weighted by Gasteiger charge is -2.34. The number of amides is 1. The lowest BCUT2D eigenvalue weighted by atomic mass is 10.1. The highest BCUT2D eigenvalue weighted by Gasteiger charge is 2.16. The van der Waals surface area contributed by atoms with Crippen LogP contribution in [-0.2, 0) is 0 Å². The molecular weight excluding hydrogens is 386 g/mol. The quantitative estimate of drug-likeness (QED) is 0.706. The van der Waals surface area contributed by atoms with Crippen molar-refractivity contribution in [3.8, 4) is 11.3 Å². The van der Waals surface area contributed by atoms with E-state index in [1.165, 1.54) is 5.69 Å². The van der Waals surface area contributed by atoms with Gasteiger partial charge in [0.2, 0.25) is 0 Å². The molecular formula is C25H37N5O. The Morgan fingerprint density at radius 2 is 1.65 bits per heavy atom. The third kappa shape index (κ3) is 6.28. The molecule has 6 nitrogen and oxygen atoms in total. The van der Waals surface area contributed by atoms with E-state index in [-0.39, 0.29) is 5.91 Å². The number of hydrogen-bond donors (Lipinski definition) is 1. The van der Waals surface area contributed by atoms with Crippen LogP contribution >= 0.6 is 0 Å². The van der Waals surface area contributed by atoms with Crippen LogP contribution in [0.2, 0.25) is 0 Å². The van der Waals surface area contributed by atoms with Crippen LogP contribution in [0.3, 0.4) is 0 Å². The average Bonchev–Trinajstić information content (AvgIpc) is 2.77. The number of carbonyl (C=O) groups is 1. The van der Waals surface area contributed by atoms with E-state index < -0.39 is 0 Å². The number of benzene rings is 1. The smallest absolute Gasteiger partial charge is 0.269 e. The van der Waals surface area contributed by atoms with E-state index in [1.807, 2.05) is 12.1 Å². The summed E-state index contributed by atoms with van der Waals surface area (Å²) < 4.78 is 0. The van der Waals surface area contributed by atoms with Gasteiger partial charge in [0.1, 0.15) is 5.69 Å². The minimum Gasteiger partial charge on any atom is -0.369 e. The van der Waals surface area contributed by atoms with Gasteiger partial charge in [0.25, 0.3) is 5.91 Å². The van der Waals surface area contributed by atoms with Crippen molar-refractivity contribution >= 4 is 11.6 Å². The molecule has 0 bridgehead atoms. The molecule has 6 heteroatoms. The Balaban J connectivity index is 1.61. The Kier molecular flexibility index (Phi) is 8.04. The summed E-state index contributed by atoms with van der Waals surface area (Å²) in [6, 6.07) is 15.0. The van der Waals surface area contributed by atoms with Gasteiger partial charge in [-0.25, -0.2) is 4.98 Å². The maximum absolute atomic E-state index is 12.6. The van der Waals surface area contributed by atoms with Crippen LogP contribution < -0.4 is 10.2 Å². The number of aromatic nitrogens is 1. The van der Waals surface area contributed by atoms with Gasteiger partial charge in [-0.2, -0.15) is 0 Å². The second-order valence-electron chi connectivity index (χ2n) is 8.93. The molecule has 0 spiro atoms. The summed E-state index contributed by atoms with van der Waals surface area (Å²) in [6.07, 6.45) is 0. The van der Waals surface area contributed by atoms with Crippen molar-refractivity contribution in [2.75, 3.05) is 51.2 Å². The number of piperazine rings is 1. The van der Waals surface area contributed by atoms with Crippen molar-refractivity contribution in [1.29, 1.82) is 0 Å². The number of nitrogens with zero attached hydrogens (tertiary/aromatic N) is 4. The average molecular weight is 424 g/mol. The van der Waals surface area contributed by atoms with E-state index in [0.29, 0.717) is 24.3 Å². The van der Waals surface area contributed by atoms with Gasteiger partial charge in [0, 0.05) is 62.6 Å². The lowest BCUT2D eigenvalue weighted by molar-refractivity contribution is 0.0934. The standard InChI is InChI=1S/C25H37N5O/c1-19(2)30(20(3)4)14-13-26-25(31)24-8-6-7-23(27-24)21-9-11-22(12-10-21)29-17-15-28(5)16-18-29/h6-12,19-20H,13-18H2,1-5H3,(H,26,31). The molecule has 0 aliphatic carbocycles. The molecule has 0 unspecified atom stereocenters. The number of anilines is 1. The van der Waals surface area contributed by atoms with Gasteiger partial charge in [-0.15, -0.1) is 0 Å². The Morgan fingerprint density at radius 3 is 2.26 bits per heavy atom. The van der Waals surface area contributed by atoms with Crippen molar-refractivity contribution in [3.05, 3.63) is 48.2 Å². The van der Waals surface area contributed by atoms with Gasteiger partial charge >= 0.3 is 0 Å². The predicted octanol–water partition coefficient (Wildman–Crippen LogP) is 3.35. The van der Waals surface area contributed by atoms with Gasteiger partial charge in [0.15, 0.2) is 0 Å². The fourth-order valence-electron chi connectivity index (χ4n) is 4.13. The zero-order valence-electron chi connectivity index (χ0n) is 19.6. The SMILES string of the molecule is CC(C)N(CCNC(=O)c1cccc(-c2ccc(N3CCN(C)CC3)cc2)n1)C(C)C. The van der Waals surface area contributed by atoms with E-state index in [1.54, 1.807) is 6.07 Å². The molecule has 31 heavy (non-hydrogen) atoms. The number of pyridine rings is 1. The summed E-state index contributed by atoms with van der Waals surface area (Å²) in [5.41, 5.74) is 3.55. The molecule has 0 atom stereocenters. The topological polar surface area (TPSA) is 51.7 Å². The van der Waals surface area contributed by atoms with E-state index in [0.717, 1.165) is 44.0 Å². The molecule has 1 aromatic heterocycles. The van der Waals surface area contributed by atoms with E-state index in [2.05, 4.69) is 84.0 Å². The molecule has 1 amide bonds. The van der Waals surface area contributed by atoms with Crippen molar-refractivity contribution in [2.24, 2.45) is 0 Å². The van der Waals surface area contributed by atoms with Crippen LogP contribution in [0.15, 0.2) is 42.5 Å². The first kappa shape index (κ1) is 23.2. The Bertz CT molecular complexity index is 833. The molecule has 0 saturated carbocycles. The van der Waals surface area contributed by atoms with E-state index in [9.17, 15) is 4.79 Å². The summed E-state index contributed by atoms with van der Waals surface area (Å²) in [5, 5.41) is 3.02. The first-order valence-corrected chi connectivity index (χ1v) is 11.4. The Labute approximate surface area is 187 Å². The van der Waals surface area contributed by atoms with Gasteiger partial charge in [0.05, 0.1) is 5.69 Å². The predicted molar refractivity (Wildman–Crippen MR) is 129 cm³/mol. The normalized spacial score (nSPS) is 15.2. The molecule has 1 saturated heterocycles. The third-order valence-electron chi connectivity index (χ3n) is 6.00. The van der Waals surface area contributed by atoms with Crippen molar-refractivity contribution < 1.29 is 4.79 Å². The van der Waals surface area contributed by atoms with Gasteiger partial charge < -0.3 is 15.1 Å². The lowest BCUT2D eigenvalue weighted by Crippen LogP contribution is -2.44. The van der Waals surface area contributed by atoms with Gasteiger partial charge in [-0.3, -0.25) is 9.69 Å². The summed E-state index contributed by atoms with van der Waals surface area (Å²) in [6.45, 7) is 14.4. The molecule has 2 aromatic rings. The number of hydrogen-bond acceptors (Lipinski definition) is 5. The molecule has 2 heterocycles. The number of likely N-dealkylation sites (N-methyl/N-ethyl adjacent to an activating group) is 1. The van der Waals surface area contributed by atoms with Crippen molar-refractivity contribution in [3.63, 3.8) is 0 Å². The molecule has 168 valence electrons. The first-order chi connectivity index (χ1) is 14.8. The largest absolute Gasteiger partial charge is 0.369 e. The summed E-state index contributed by atoms with van der Waals surface area (Å²) in [5.74, 6) is -0.122. The highest BCUT2D eigenvalue weighted by Crippen LogP contribution is 2.23. The molecule has 1 aromatic carbocycles. The maximum atomic E-state index is 12.6. The summed E-state index contributed by atoms with van der Waals surface area (Å²) >= 11 is 0. The van der Waals surface area contributed by atoms with Gasteiger partial charge in [-0.05, 0) is 59.0 Å². The fraction of sp³-hybridized carbons (Fsp3) is 0.520. The van der Waals surface area contributed by atoms with E-state index >= 15 is 0 Å². The summed E-state index contributed by atoms with van der Waals surface area (Å²) in [7, 11) is 2.17. The number of nitrogens with one attached hydrogen (secondary N) is 1. The third-order valence-corrected chi connectivity index (χ3v) is 6.00. The molecule has 1 fully saturated rings. The first-order valence-electron chi connectivity index (χ1n) is 11.4. The fourth-order valence-corrected chi connectivity index (χ4v) is 4.13. The van der Waals surface area contributed by atoms with Crippen molar-refractivity contribution in [1.82, 2.24) is 20.1 Å². The van der Waals surface area contributed by atoms with E-state index in [4.69, 9.17) is 0 Å². The Hall–Kier alpha value is -2.44. The Morgan fingerprint density at radius 1 is 1.00 bits per heavy atom. The molecule has 1 aliphatic rings. The molecule has 0 radical (unpaired) electrons. The van der Waals surface area contributed by atoms with Crippen LogP contribution in [0.25, 0.3) is 11.3 Å². The number of rotatable bonds is 8. The second kappa shape index (κ2) is 10.7. The maximum Gasteiger partial charge on any atom is 0.269 e. The van der Waals surface area contributed by atoms with Crippen LogP contribution in [-0.4, -0.2) is 79.1 Å². The van der Waals surface area contributed by atoms with Gasteiger partial charge in [-0.1, -0.05) is 18.2 Å². The molecule has 1 aliphatic heterocycles. The van der Waals surface area contributed by atoms with Crippen LogP contribution in [0.1, 0.15) is 38.2 Å². The van der Waals surface area contributed by atoms with Crippen LogP contribution in [0, 0.1) is 0 Å². The summed E-state index contributed by atoms with van der Waals surface area (Å²) in [4.78, 5) is 24.4. The highest BCUT2D eigenvalue weighted by molar-refractivity contribution is 5.92. The molecule has 3 rings (SSSR count). The molecule has 1 N–H and O–H groups in total. The minimum absolute atomic E-state index is 0.122. The zero-order valence-corrected chi connectivity index (χ0v) is 19.6. The highest BCUT2D eigenvalue weighted by atomic mass is 16.1. The second-order valence-corrected chi connectivity index (χ2v) is 8.93. The number of carbonyl (C=O) groups excluding carboxylic acids is 1. The monoisotopic (exact) mass is 423 g/mol. The van der Waals surface area contributed by atoms with Crippen LogP contribution in [0.5, 0.6) is 0 Å². The van der Waals surface area contributed by atoms with Crippen molar-refractivity contribution in [2.45, 2.75) is 39.8 Å².